The van der Waals surface area contributed by atoms with E-state index in [9.17, 15) is 9.90 Å². The van der Waals surface area contributed by atoms with Gasteiger partial charge in [-0.15, -0.1) is 5.10 Å². The zero-order chi connectivity index (χ0) is 23.7. The maximum absolute atomic E-state index is 11.4. The highest BCUT2D eigenvalue weighted by molar-refractivity contribution is 5.70. The topological polar surface area (TPSA) is 128 Å². The molecule has 10 heteroatoms. The number of nitrogens with zero attached hydrogens (tertiary/aromatic N) is 6. The summed E-state index contributed by atoms with van der Waals surface area (Å²) in [6.07, 6.45) is 7.02. The van der Waals surface area contributed by atoms with Crippen LogP contribution in [0.15, 0.2) is 24.4 Å². The molecule has 2 saturated carbocycles. The summed E-state index contributed by atoms with van der Waals surface area (Å²) in [5.41, 5.74) is 4.08. The molecule has 0 bridgehead atoms. The van der Waals surface area contributed by atoms with Crippen LogP contribution < -0.4 is 10.1 Å². The van der Waals surface area contributed by atoms with Gasteiger partial charge in [-0.05, 0) is 63.6 Å². The Balaban J connectivity index is 1.29. The third-order valence-electron chi connectivity index (χ3n) is 6.58. The largest absolute Gasteiger partial charge is 0.489 e. The highest BCUT2D eigenvalue weighted by Gasteiger charge is 2.29. The van der Waals surface area contributed by atoms with Crippen molar-refractivity contribution in [2.75, 3.05) is 5.32 Å². The van der Waals surface area contributed by atoms with Crippen LogP contribution in [0, 0.1) is 12.8 Å². The fourth-order valence-corrected chi connectivity index (χ4v) is 4.46. The van der Waals surface area contributed by atoms with Gasteiger partial charge < -0.3 is 15.2 Å². The first-order valence-corrected chi connectivity index (χ1v) is 11.8. The molecule has 178 valence electrons. The van der Waals surface area contributed by atoms with E-state index >= 15 is 0 Å². The van der Waals surface area contributed by atoms with E-state index in [1.807, 2.05) is 32.2 Å². The van der Waals surface area contributed by atoms with Gasteiger partial charge in [-0.3, -0.25) is 4.79 Å². The van der Waals surface area contributed by atoms with E-state index in [0.29, 0.717) is 48.4 Å². The second-order valence-electron chi connectivity index (χ2n) is 9.16. The summed E-state index contributed by atoms with van der Waals surface area (Å²) in [6, 6.07) is 5.74. The molecule has 0 aliphatic heterocycles. The second-order valence-corrected chi connectivity index (χ2v) is 9.16. The van der Waals surface area contributed by atoms with Crippen molar-refractivity contribution >= 4 is 11.9 Å². The molecule has 0 saturated heterocycles. The Morgan fingerprint density at radius 3 is 2.82 bits per heavy atom. The molecule has 3 aromatic rings. The molecule has 5 rings (SSSR count). The molecule has 1 unspecified atom stereocenters. The molecule has 0 amide bonds. The summed E-state index contributed by atoms with van der Waals surface area (Å²) < 4.78 is 7.86. The first-order valence-electron chi connectivity index (χ1n) is 11.8. The lowest BCUT2D eigenvalue weighted by Crippen LogP contribution is -2.29. The SMILES string of the molecule is Cc1nc(-c2nnn(C)c2CNc2nccc(C3CC3)n2)ccc1O[C@H]1CCCC(C(=O)O)C1. The molecule has 2 fully saturated rings. The average Bonchev–Trinajstić information content (AvgIpc) is 3.62. The Labute approximate surface area is 197 Å². The van der Waals surface area contributed by atoms with Crippen molar-refractivity contribution in [2.24, 2.45) is 13.0 Å². The number of aromatic nitrogens is 6. The Morgan fingerprint density at radius 2 is 2.06 bits per heavy atom. The Kier molecular flexibility index (Phi) is 6.12. The van der Waals surface area contributed by atoms with Crippen LogP contribution in [0.3, 0.4) is 0 Å². The van der Waals surface area contributed by atoms with Gasteiger partial charge in [-0.25, -0.2) is 19.6 Å². The standard InChI is InChI=1S/C24H29N7O3/c1-14-21(34-17-5-3-4-16(12-17)23(32)33)9-8-19(27-14)22-20(31(2)30-29-22)13-26-24-25-11-10-18(28-24)15-6-7-15/h8-11,15-17H,3-7,12-13H2,1-2H3,(H,32,33)(H,25,26,28)/t16?,17-/m0/s1. The molecule has 3 heterocycles. The minimum atomic E-state index is -0.744. The summed E-state index contributed by atoms with van der Waals surface area (Å²) in [4.78, 5) is 25.0. The van der Waals surface area contributed by atoms with Crippen LogP contribution in [0.25, 0.3) is 11.4 Å². The van der Waals surface area contributed by atoms with Gasteiger partial charge in [-0.2, -0.15) is 0 Å². The van der Waals surface area contributed by atoms with Gasteiger partial charge in [0, 0.05) is 24.9 Å². The van der Waals surface area contributed by atoms with Crippen molar-refractivity contribution in [2.45, 2.75) is 64.0 Å². The van der Waals surface area contributed by atoms with Crippen LogP contribution in [0.1, 0.15) is 61.5 Å². The molecule has 0 radical (unpaired) electrons. The number of hydrogen-bond acceptors (Lipinski definition) is 8. The molecule has 2 aliphatic carbocycles. The quantitative estimate of drug-likeness (QED) is 0.516. The van der Waals surface area contributed by atoms with Crippen LogP contribution in [-0.2, 0) is 18.4 Å². The number of hydrogen-bond donors (Lipinski definition) is 2. The highest BCUT2D eigenvalue weighted by Crippen LogP contribution is 2.39. The van der Waals surface area contributed by atoms with Crippen LogP contribution in [0.2, 0.25) is 0 Å². The average molecular weight is 464 g/mol. The van der Waals surface area contributed by atoms with Crippen molar-refractivity contribution < 1.29 is 14.6 Å². The molecule has 10 nitrogen and oxygen atoms in total. The van der Waals surface area contributed by atoms with E-state index in [-0.39, 0.29) is 12.0 Å². The smallest absolute Gasteiger partial charge is 0.306 e. The molecule has 3 aromatic heterocycles. The zero-order valence-electron chi connectivity index (χ0n) is 19.4. The summed E-state index contributed by atoms with van der Waals surface area (Å²) in [6.45, 7) is 2.35. The van der Waals surface area contributed by atoms with Gasteiger partial charge >= 0.3 is 5.97 Å². The lowest BCUT2D eigenvalue weighted by molar-refractivity contribution is -0.143. The predicted molar refractivity (Wildman–Crippen MR) is 124 cm³/mol. The normalized spacial score (nSPS) is 20.2. The molecule has 34 heavy (non-hydrogen) atoms. The number of rotatable bonds is 8. The number of aliphatic carboxylic acids is 1. The zero-order valence-corrected chi connectivity index (χ0v) is 19.4. The maximum Gasteiger partial charge on any atom is 0.306 e. The van der Waals surface area contributed by atoms with E-state index in [1.54, 1.807) is 10.9 Å². The third-order valence-corrected chi connectivity index (χ3v) is 6.58. The van der Waals surface area contributed by atoms with E-state index in [0.717, 1.165) is 29.9 Å². The van der Waals surface area contributed by atoms with Gasteiger partial charge in [0.1, 0.15) is 11.4 Å². The van der Waals surface area contributed by atoms with Crippen molar-refractivity contribution in [3.05, 3.63) is 41.5 Å². The van der Waals surface area contributed by atoms with Gasteiger partial charge in [0.2, 0.25) is 5.95 Å². The van der Waals surface area contributed by atoms with E-state index in [4.69, 9.17) is 9.72 Å². The van der Waals surface area contributed by atoms with Gasteiger partial charge in [0.15, 0.2) is 0 Å². The number of ether oxygens (including phenoxy) is 1. The number of aryl methyl sites for hydroxylation is 2. The number of carbonyl (C=O) groups is 1. The van der Waals surface area contributed by atoms with Crippen LogP contribution in [0.4, 0.5) is 5.95 Å². The molecule has 2 aliphatic rings. The van der Waals surface area contributed by atoms with E-state index < -0.39 is 5.97 Å². The molecule has 0 spiro atoms. The summed E-state index contributed by atoms with van der Waals surface area (Å²) in [5, 5.41) is 21.1. The highest BCUT2D eigenvalue weighted by atomic mass is 16.5. The lowest BCUT2D eigenvalue weighted by atomic mass is 9.87. The van der Waals surface area contributed by atoms with Crippen molar-refractivity contribution in [3.8, 4) is 17.1 Å². The number of nitrogens with one attached hydrogen (secondary N) is 1. The molecular weight excluding hydrogens is 434 g/mol. The van der Waals surface area contributed by atoms with E-state index in [1.165, 1.54) is 12.8 Å². The second kappa shape index (κ2) is 9.36. The monoisotopic (exact) mass is 463 g/mol. The fourth-order valence-electron chi connectivity index (χ4n) is 4.46. The van der Waals surface area contributed by atoms with Crippen LogP contribution >= 0.6 is 0 Å². The van der Waals surface area contributed by atoms with Gasteiger partial charge in [-0.1, -0.05) is 5.21 Å². The fraction of sp³-hybridized carbons (Fsp3) is 0.500. The van der Waals surface area contributed by atoms with E-state index in [2.05, 4.69) is 25.6 Å². The lowest BCUT2D eigenvalue weighted by Gasteiger charge is -2.27. The third kappa shape index (κ3) is 4.85. The maximum atomic E-state index is 11.4. The van der Waals surface area contributed by atoms with Crippen molar-refractivity contribution in [3.63, 3.8) is 0 Å². The number of pyridine rings is 1. The Morgan fingerprint density at radius 1 is 1.21 bits per heavy atom. The molecule has 2 atom stereocenters. The summed E-state index contributed by atoms with van der Waals surface area (Å²) >= 11 is 0. The number of anilines is 1. The molecular formula is C24H29N7O3. The number of carboxylic acid groups (broad SMARTS) is 1. The van der Waals surface area contributed by atoms with Crippen molar-refractivity contribution in [1.29, 1.82) is 0 Å². The van der Waals surface area contributed by atoms with Crippen molar-refractivity contribution in [1.82, 2.24) is 29.9 Å². The minimum absolute atomic E-state index is 0.108. The Hall–Kier alpha value is -3.56. The van der Waals surface area contributed by atoms with Gasteiger partial charge in [0.05, 0.1) is 35.6 Å². The first kappa shape index (κ1) is 22.2. The predicted octanol–water partition coefficient (Wildman–Crippen LogP) is 3.49. The van der Waals surface area contributed by atoms with Crippen LogP contribution in [-0.4, -0.2) is 47.1 Å². The Bertz CT molecular complexity index is 1190. The number of carboxylic acids is 1. The molecule has 2 N–H and O–H groups in total. The summed E-state index contributed by atoms with van der Waals surface area (Å²) in [7, 11) is 1.85. The van der Waals surface area contributed by atoms with Gasteiger partial charge in [0.25, 0.3) is 0 Å². The van der Waals surface area contributed by atoms with Crippen LogP contribution in [0.5, 0.6) is 5.75 Å². The first-order chi connectivity index (χ1) is 16.5. The minimum Gasteiger partial charge on any atom is -0.489 e. The molecule has 0 aromatic carbocycles. The summed E-state index contributed by atoms with van der Waals surface area (Å²) in [5.74, 6) is 0.751.